The van der Waals surface area contributed by atoms with Gasteiger partial charge >= 0.3 is 0 Å². The predicted octanol–water partition coefficient (Wildman–Crippen LogP) is 0.151. The summed E-state index contributed by atoms with van der Waals surface area (Å²) in [5.74, 6) is 0. The van der Waals surface area contributed by atoms with Gasteiger partial charge in [0, 0.05) is 0 Å². The highest BCUT2D eigenvalue weighted by Gasteiger charge is 2.43. The van der Waals surface area contributed by atoms with Gasteiger partial charge in [-0.3, -0.25) is 4.99 Å². The van der Waals surface area contributed by atoms with Crippen molar-refractivity contribution in [2.45, 2.75) is 18.4 Å². The number of hydrogen-bond donors (Lipinski definition) is 1. The Kier molecular flexibility index (Phi) is 0.412. The summed E-state index contributed by atoms with van der Waals surface area (Å²) in [6.45, 7) is 1.02. The fourth-order valence-corrected chi connectivity index (χ4v) is 0.902. The van der Waals surface area contributed by atoms with E-state index in [9.17, 15) is 0 Å². The molecule has 2 aliphatic rings. The zero-order valence-corrected chi connectivity index (χ0v) is 4.15. The second-order valence-electron chi connectivity index (χ2n) is 2.39. The first-order chi connectivity index (χ1) is 3.41. The Bertz CT molecular complexity index is 103. The third-order valence-corrected chi connectivity index (χ3v) is 1.71. The molecule has 7 heavy (non-hydrogen) atoms. The van der Waals surface area contributed by atoms with Crippen LogP contribution < -0.4 is 5.32 Å². The van der Waals surface area contributed by atoms with Gasteiger partial charge in [-0.1, -0.05) is 0 Å². The molecule has 0 aromatic heterocycles. The van der Waals surface area contributed by atoms with Crippen molar-refractivity contribution >= 4 is 6.34 Å². The molecule has 1 fully saturated rings. The van der Waals surface area contributed by atoms with E-state index in [2.05, 4.69) is 10.3 Å². The number of aliphatic imine (C=N–C) groups is 1. The van der Waals surface area contributed by atoms with Crippen LogP contribution in [-0.2, 0) is 0 Å². The summed E-state index contributed by atoms with van der Waals surface area (Å²) in [6.07, 6.45) is 4.48. The monoisotopic (exact) mass is 96.1 g/mol. The van der Waals surface area contributed by atoms with Crippen molar-refractivity contribution in [1.29, 1.82) is 0 Å². The molecule has 1 N–H and O–H groups in total. The van der Waals surface area contributed by atoms with Gasteiger partial charge in [-0.2, -0.15) is 0 Å². The van der Waals surface area contributed by atoms with E-state index in [1.807, 2.05) is 6.34 Å². The molecule has 0 atom stereocenters. The summed E-state index contributed by atoms with van der Waals surface area (Å²) in [4.78, 5) is 4.06. The minimum atomic E-state index is 0.472. The van der Waals surface area contributed by atoms with Crippen molar-refractivity contribution in [3.05, 3.63) is 0 Å². The smallest absolute Gasteiger partial charge is 0.0829 e. The van der Waals surface area contributed by atoms with Crippen molar-refractivity contribution in [3.8, 4) is 0 Å². The van der Waals surface area contributed by atoms with Crippen LogP contribution in [0.25, 0.3) is 0 Å². The van der Waals surface area contributed by atoms with Crippen LogP contribution in [0.3, 0.4) is 0 Å². The molecule has 1 spiro atoms. The van der Waals surface area contributed by atoms with Gasteiger partial charge in [0.1, 0.15) is 0 Å². The summed E-state index contributed by atoms with van der Waals surface area (Å²) in [7, 11) is 0. The van der Waals surface area contributed by atoms with E-state index in [1.54, 1.807) is 0 Å². The number of nitrogens with zero attached hydrogens (tertiary/aromatic N) is 1. The number of nitrogens with one attached hydrogen (secondary N) is 1. The van der Waals surface area contributed by atoms with Gasteiger partial charge in [0.05, 0.1) is 18.4 Å². The second kappa shape index (κ2) is 0.831. The molecule has 0 radical (unpaired) electrons. The van der Waals surface area contributed by atoms with Crippen molar-refractivity contribution in [3.63, 3.8) is 0 Å². The Morgan fingerprint density at radius 1 is 1.57 bits per heavy atom. The Morgan fingerprint density at radius 3 is 2.71 bits per heavy atom. The van der Waals surface area contributed by atoms with Gasteiger partial charge in [0.15, 0.2) is 0 Å². The van der Waals surface area contributed by atoms with E-state index in [0.29, 0.717) is 5.54 Å². The summed E-state index contributed by atoms with van der Waals surface area (Å²) in [5, 5.41) is 3.22. The topological polar surface area (TPSA) is 24.4 Å². The minimum absolute atomic E-state index is 0.472. The third-order valence-electron chi connectivity index (χ3n) is 1.71. The lowest BCUT2D eigenvalue weighted by atomic mass is 10.3. The number of hydrogen-bond acceptors (Lipinski definition) is 2. The lowest BCUT2D eigenvalue weighted by Gasteiger charge is -2.00. The lowest BCUT2D eigenvalue weighted by Crippen LogP contribution is -2.25. The molecule has 1 aliphatic carbocycles. The average molecular weight is 96.1 g/mol. The summed E-state index contributed by atoms with van der Waals surface area (Å²) in [5.41, 5.74) is 0.472. The Morgan fingerprint density at radius 2 is 2.43 bits per heavy atom. The molecule has 0 amide bonds. The maximum atomic E-state index is 4.06. The van der Waals surface area contributed by atoms with E-state index in [0.717, 1.165) is 6.54 Å². The molecule has 0 saturated heterocycles. The standard InChI is InChI=1S/C5H8N2/c1-2-5(1)3-6-4-7-5/h4H,1-3H2,(H,6,7). The average Bonchev–Trinajstić information content (AvgIpc) is 2.15. The number of rotatable bonds is 0. The molecule has 0 aromatic rings. The summed E-state index contributed by atoms with van der Waals surface area (Å²) >= 11 is 0. The van der Waals surface area contributed by atoms with Crippen LogP contribution in [0.4, 0.5) is 0 Å². The lowest BCUT2D eigenvalue weighted by molar-refractivity contribution is 0.663. The van der Waals surface area contributed by atoms with Gasteiger partial charge < -0.3 is 5.32 Å². The highest BCUT2D eigenvalue weighted by Crippen LogP contribution is 2.36. The van der Waals surface area contributed by atoms with Crippen molar-refractivity contribution in [1.82, 2.24) is 5.32 Å². The summed E-state index contributed by atoms with van der Waals surface area (Å²) < 4.78 is 0. The van der Waals surface area contributed by atoms with Gasteiger partial charge in [-0.25, -0.2) is 0 Å². The third kappa shape index (κ3) is 0.363. The highest BCUT2D eigenvalue weighted by molar-refractivity contribution is 5.60. The molecule has 0 bridgehead atoms. The van der Waals surface area contributed by atoms with Crippen LogP contribution in [0, 0.1) is 0 Å². The van der Waals surface area contributed by atoms with E-state index in [1.165, 1.54) is 12.8 Å². The first-order valence-electron chi connectivity index (χ1n) is 2.67. The second-order valence-corrected chi connectivity index (χ2v) is 2.39. The first kappa shape index (κ1) is 3.47. The minimum Gasteiger partial charge on any atom is -0.369 e. The predicted molar refractivity (Wildman–Crippen MR) is 28.5 cm³/mol. The molecule has 0 aromatic carbocycles. The van der Waals surface area contributed by atoms with Crippen LogP contribution in [0.2, 0.25) is 0 Å². The Hall–Kier alpha value is -0.530. The largest absolute Gasteiger partial charge is 0.369 e. The van der Waals surface area contributed by atoms with Crippen LogP contribution in [0.5, 0.6) is 0 Å². The SMILES string of the molecule is C1=NCC2(CC2)N1. The quantitative estimate of drug-likeness (QED) is 0.456. The van der Waals surface area contributed by atoms with Gasteiger partial charge in [0.2, 0.25) is 0 Å². The normalized spacial score (nSPS) is 30.9. The van der Waals surface area contributed by atoms with Crippen LogP contribution in [0.15, 0.2) is 4.99 Å². The molecule has 0 unspecified atom stereocenters. The van der Waals surface area contributed by atoms with Gasteiger partial charge in [-0.05, 0) is 12.8 Å². The van der Waals surface area contributed by atoms with Crippen molar-refractivity contribution < 1.29 is 0 Å². The van der Waals surface area contributed by atoms with E-state index in [-0.39, 0.29) is 0 Å². The molecule has 2 rings (SSSR count). The summed E-state index contributed by atoms with van der Waals surface area (Å²) in [6, 6.07) is 0. The van der Waals surface area contributed by atoms with Crippen LogP contribution >= 0.6 is 0 Å². The molecular formula is C5H8N2. The van der Waals surface area contributed by atoms with Crippen molar-refractivity contribution in [2.75, 3.05) is 6.54 Å². The Labute approximate surface area is 42.6 Å². The Balaban J connectivity index is 2.14. The fourth-order valence-electron chi connectivity index (χ4n) is 0.902. The van der Waals surface area contributed by atoms with Crippen molar-refractivity contribution in [2.24, 2.45) is 4.99 Å². The highest BCUT2D eigenvalue weighted by atomic mass is 15.1. The fraction of sp³-hybridized carbons (Fsp3) is 0.800. The molecule has 1 saturated carbocycles. The van der Waals surface area contributed by atoms with Crippen LogP contribution in [0.1, 0.15) is 12.8 Å². The van der Waals surface area contributed by atoms with Crippen LogP contribution in [-0.4, -0.2) is 18.4 Å². The molecule has 1 heterocycles. The van der Waals surface area contributed by atoms with E-state index < -0.39 is 0 Å². The molecule has 1 aliphatic heterocycles. The van der Waals surface area contributed by atoms with E-state index >= 15 is 0 Å². The van der Waals surface area contributed by atoms with Gasteiger partial charge in [0.25, 0.3) is 0 Å². The van der Waals surface area contributed by atoms with E-state index in [4.69, 9.17) is 0 Å². The van der Waals surface area contributed by atoms with Gasteiger partial charge in [-0.15, -0.1) is 0 Å². The molecule has 2 nitrogen and oxygen atoms in total. The molecular weight excluding hydrogens is 88.1 g/mol. The zero-order chi connectivity index (χ0) is 4.74. The molecule has 38 valence electrons. The first-order valence-corrected chi connectivity index (χ1v) is 2.67. The maximum absolute atomic E-state index is 4.06. The molecule has 2 heteroatoms. The maximum Gasteiger partial charge on any atom is 0.0829 e. The zero-order valence-electron chi connectivity index (χ0n) is 4.15.